The molecule has 0 atom stereocenters. The summed E-state index contributed by atoms with van der Waals surface area (Å²) < 4.78 is 37.2. The molecule has 1 rings (SSSR count). The molecule has 13 heavy (non-hydrogen) atoms. The van der Waals surface area contributed by atoms with Crippen molar-refractivity contribution in [3.05, 3.63) is 35.1 Å². The summed E-state index contributed by atoms with van der Waals surface area (Å²) in [4.78, 5) is 10.0. The maximum atomic E-state index is 12.5. The molecule has 0 fully saturated rings. The number of benzene rings is 1. The minimum Gasteiger partial charge on any atom is -0.545 e. The second-order valence-corrected chi connectivity index (χ2v) is 2.01. The minimum atomic E-state index is -2.08. The largest absolute Gasteiger partial charge is 1.00 e. The van der Waals surface area contributed by atoms with Crippen molar-refractivity contribution >= 4 is 5.97 Å². The van der Waals surface area contributed by atoms with Crippen LogP contribution < -0.4 is 34.7 Å². The third-order valence-corrected chi connectivity index (χ3v) is 1.25. The van der Waals surface area contributed by atoms with E-state index in [9.17, 15) is 23.1 Å². The molecule has 0 spiro atoms. The Kier molecular flexibility index (Phi) is 4.46. The molecule has 0 bridgehead atoms. The first-order valence-electron chi connectivity index (χ1n) is 2.89. The van der Waals surface area contributed by atoms with Crippen LogP contribution in [0, 0.1) is 17.5 Å². The number of carboxylic acid groups (broad SMARTS) is 1. The van der Waals surface area contributed by atoms with Gasteiger partial charge in [0.25, 0.3) is 0 Å². The van der Waals surface area contributed by atoms with E-state index in [0.717, 1.165) is 0 Å². The number of hydrogen-bond donors (Lipinski definition) is 0. The van der Waals surface area contributed by atoms with Gasteiger partial charge in [-0.3, -0.25) is 0 Å². The summed E-state index contributed by atoms with van der Waals surface area (Å²) in [5, 5.41) is 10.0. The van der Waals surface area contributed by atoms with Gasteiger partial charge in [0.05, 0.1) is 11.5 Å². The van der Waals surface area contributed by atoms with Crippen LogP contribution in [-0.4, -0.2) is 5.97 Å². The number of hydrogen-bond acceptors (Lipinski definition) is 2. The van der Waals surface area contributed by atoms with E-state index < -0.39 is 29.0 Å². The van der Waals surface area contributed by atoms with Crippen LogP contribution in [0.3, 0.4) is 0 Å². The van der Waals surface area contributed by atoms with E-state index >= 15 is 0 Å². The first kappa shape index (κ1) is 12.5. The SMILES string of the molecule is O=C([O-])c1c(F)ccc(F)c1F.[Na+]. The Bertz CT molecular complexity index is 341. The number of carbonyl (C=O) groups is 1. The van der Waals surface area contributed by atoms with Crippen LogP contribution in [-0.2, 0) is 0 Å². The second-order valence-electron chi connectivity index (χ2n) is 2.01. The van der Waals surface area contributed by atoms with E-state index in [0.29, 0.717) is 12.1 Å². The molecule has 0 radical (unpaired) electrons. The van der Waals surface area contributed by atoms with Crippen molar-refractivity contribution in [2.75, 3.05) is 0 Å². The monoisotopic (exact) mass is 198 g/mol. The molecule has 0 N–H and O–H groups in total. The summed E-state index contributed by atoms with van der Waals surface area (Å²) in [5.74, 6) is -6.59. The van der Waals surface area contributed by atoms with E-state index in [4.69, 9.17) is 0 Å². The van der Waals surface area contributed by atoms with Gasteiger partial charge in [0.15, 0.2) is 11.6 Å². The van der Waals surface area contributed by atoms with Gasteiger partial charge >= 0.3 is 29.6 Å². The Balaban J connectivity index is 0.00000144. The normalized spacial score (nSPS) is 9.15. The summed E-state index contributed by atoms with van der Waals surface area (Å²) in [6.45, 7) is 0. The van der Waals surface area contributed by atoms with Crippen molar-refractivity contribution in [3.63, 3.8) is 0 Å². The zero-order chi connectivity index (χ0) is 9.30. The molecule has 0 aliphatic rings. The molecule has 0 unspecified atom stereocenters. The molecular formula is C7H2F3NaO2. The van der Waals surface area contributed by atoms with Gasteiger partial charge in [-0.2, -0.15) is 0 Å². The van der Waals surface area contributed by atoms with Crippen LogP contribution in [0.2, 0.25) is 0 Å². The molecule has 1 aromatic carbocycles. The summed E-state index contributed by atoms with van der Waals surface area (Å²) in [6.07, 6.45) is 0. The topological polar surface area (TPSA) is 40.1 Å². The van der Waals surface area contributed by atoms with Crippen molar-refractivity contribution < 1.29 is 52.6 Å². The fraction of sp³-hybridized carbons (Fsp3) is 0. The molecular weight excluding hydrogens is 196 g/mol. The Morgan fingerprint density at radius 2 is 1.62 bits per heavy atom. The predicted molar refractivity (Wildman–Crippen MR) is 30.6 cm³/mol. The average Bonchev–Trinajstić information content (AvgIpc) is 1.97. The van der Waals surface area contributed by atoms with Gasteiger partial charge < -0.3 is 9.90 Å². The Morgan fingerprint density at radius 1 is 1.15 bits per heavy atom. The molecule has 0 aliphatic heterocycles. The van der Waals surface area contributed by atoms with Crippen molar-refractivity contribution in [2.24, 2.45) is 0 Å². The van der Waals surface area contributed by atoms with Gasteiger partial charge in [-0.15, -0.1) is 0 Å². The van der Waals surface area contributed by atoms with Gasteiger partial charge in [-0.25, -0.2) is 13.2 Å². The van der Waals surface area contributed by atoms with E-state index in [1.54, 1.807) is 0 Å². The van der Waals surface area contributed by atoms with Crippen LogP contribution in [0.5, 0.6) is 0 Å². The van der Waals surface area contributed by atoms with Crippen LogP contribution in [0.15, 0.2) is 12.1 Å². The van der Waals surface area contributed by atoms with E-state index in [2.05, 4.69) is 0 Å². The number of aromatic carboxylic acids is 1. The van der Waals surface area contributed by atoms with E-state index in [-0.39, 0.29) is 29.6 Å². The predicted octanol–water partition coefficient (Wildman–Crippen LogP) is -2.53. The third kappa shape index (κ3) is 2.46. The molecule has 6 heteroatoms. The number of carboxylic acids is 1. The number of halogens is 3. The number of rotatable bonds is 1. The van der Waals surface area contributed by atoms with Crippen LogP contribution in [0.1, 0.15) is 10.4 Å². The summed E-state index contributed by atoms with van der Waals surface area (Å²) in [7, 11) is 0. The van der Waals surface area contributed by atoms with Crippen molar-refractivity contribution in [2.45, 2.75) is 0 Å². The van der Waals surface area contributed by atoms with Crippen molar-refractivity contribution in [1.29, 1.82) is 0 Å². The molecule has 0 heterocycles. The summed E-state index contributed by atoms with van der Waals surface area (Å²) >= 11 is 0. The summed E-state index contributed by atoms with van der Waals surface area (Å²) in [6, 6.07) is 1.01. The van der Waals surface area contributed by atoms with Crippen molar-refractivity contribution in [1.82, 2.24) is 0 Å². The number of carbonyl (C=O) groups excluding carboxylic acids is 1. The maximum Gasteiger partial charge on any atom is 1.00 e. The fourth-order valence-corrected chi connectivity index (χ4v) is 0.714. The smallest absolute Gasteiger partial charge is 0.545 e. The van der Waals surface area contributed by atoms with E-state index in [1.807, 2.05) is 0 Å². The maximum absolute atomic E-state index is 12.5. The Hall–Kier alpha value is -0.520. The first-order valence-corrected chi connectivity index (χ1v) is 2.89. The standard InChI is InChI=1S/C7H3F3O2.Na/c8-3-1-2-4(9)6(10)5(3)7(11)12;/h1-2H,(H,11,12);/q;+1/p-1. The second kappa shape index (κ2) is 4.64. The minimum absolute atomic E-state index is 0. The fourth-order valence-electron chi connectivity index (χ4n) is 0.714. The van der Waals surface area contributed by atoms with Gasteiger partial charge in [-0.05, 0) is 12.1 Å². The molecule has 0 amide bonds. The quantitative estimate of drug-likeness (QED) is 0.369. The molecule has 0 saturated carbocycles. The zero-order valence-electron chi connectivity index (χ0n) is 6.61. The third-order valence-electron chi connectivity index (χ3n) is 1.25. The Morgan fingerprint density at radius 3 is 2.00 bits per heavy atom. The van der Waals surface area contributed by atoms with Gasteiger partial charge in [-0.1, -0.05) is 0 Å². The van der Waals surface area contributed by atoms with Crippen molar-refractivity contribution in [3.8, 4) is 0 Å². The van der Waals surface area contributed by atoms with Gasteiger partial charge in [0, 0.05) is 0 Å². The molecule has 0 aliphatic carbocycles. The summed E-state index contributed by atoms with van der Waals surface area (Å²) in [5.41, 5.74) is -1.38. The van der Waals surface area contributed by atoms with Crippen LogP contribution in [0.4, 0.5) is 13.2 Å². The molecule has 0 aromatic heterocycles. The van der Waals surface area contributed by atoms with Crippen LogP contribution >= 0.6 is 0 Å². The molecule has 64 valence electrons. The first-order chi connectivity index (χ1) is 5.54. The average molecular weight is 198 g/mol. The van der Waals surface area contributed by atoms with Gasteiger partial charge in [0.2, 0.25) is 0 Å². The zero-order valence-corrected chi connectivity index (χ0v) is 8.61. The Labute approximate surface area is 93.7 Å². The molecule has 2 nitrogen and oxygen atoms in total. The molecule has 0 saturated heterocycles. The van der Waals surface area contributed by atoms with Gasteiger partial charge in [0.1, 0.15) is 5.82 Å². The van der Waals surface area contributed by atoms with Crippen LogP contribution in [0.25, 0.3) is 0 Å². The van der Waals surface area contributed by atoms with E-state index in [1.165, 1.54) is 0 Å². The molecule has 1 aromatic rings.